The van der Waals surface area contributed by atoms with Gasteiger partial charge in [-0.15, -0.1) is 0 Å². The summed E-state index contributed by atoms with van der Waals surface area (Å²) >= 11 is 16.6. The van der Waals surface area contributed by atoms with Crippen molar-refractivity contribution in [2.24, 2.45) is 0 Å². The molecule has 0 saturated carbocycles. The van der Waals surface area contributed by atoms with Crippen LogP contribution in [0.25, 0.3) is 0 Å². The third-order valence-corrected chi connectivity index (χ3v) is 2.38. The maximum atomic E-state index is 11.0. The molecule has 11 heteroatoms. The van der Waals surface area contributed by atoms with Crippen LogP contribution in [0.5, 0.6) is 0 Å². The lowest BCUT2D eigenvalue weighted by Crippen LogP contribution is -2.19. The number of nitrogens with zero attached hydrogens (tertiary/aromatic N) is 2. The van der Waals surface area contributed by atoms with Crippen LogP contribution >= 0.6 is 55.8 Å². The average Bonchev–Trinajstić information content (AvgIpc) is 2.23. The summed E-state index contributed by atoms with van der Waals surface area (Å²) in [4.78, 5) is 22.0. The zero-order valence-corrected chi connectivity index (χ0v) is 13.1. The lowest BCUT2D eigenvalue weighted by Gasteiger charge is -2.06. The van der Waals surface area contributed by atoms with Crippen molar-refractivity contribution in [3.05, 3.63) is 0 Å². The normalized spacial score (nSPS) is 10.5. The summed E-state index contributed by atoms with van der Waals surface area (Å²) in [5, 5.41) is 0. The summed E-state index contributed by atoms with van der Waals surface area (Å²) in [5.74, 6) is -1.13. The van der Waals surface area contributed by atoms with Crippen LogP contribution in [0.15, 0.2) is 0 Å². The Kier molecular flexibility index (Phi) is 10.7. The molecule has 0 saturated heterocycles. The van der Waals surface area contributed by atoms with Crippen LogP contribution in [-0.2, 0) is 18.9 Å². The molecule has 0 aromatic carbocycles. The number of halogens is 4. The van der Waals surface area contributed by atoms with Crippen molar-refractivity contribution in [1.29, 1.82) is 0 Å². The first kappa shape index (κ1) is 17.5. The maximum Gasteiger partial charge on any atom is 0.662 e. The molecule has 0 bridgehead atoms. The van der Waals surface area contributed by atoms with Gasteiger partial charge < -0.3 is 9.31 Å². The van der Waals surface area contributed by atoms with E-state index < -0.39 is 11.9 Å². The van der Waals surface area contributed by atoms with Crippen molar-refractivity contribution in [1.82, 2.24) is 6.89 Å². The zero-order valence-electron chi connectivity index (χ0n) is 8.45. The molecule has 0 atom stereocenters. The lowest BCUT2D eigenvalue weighted by atomic mass is 10.3. The first-order valence-corrected chi connectivity index (χ1v) is 6.40. The fraction of sp³-hybridized carbons (Fsp3) is 0.667. The van der Waals surface area contributed by atoms with E-state index in [2.05, 4.69) is 41.6 Å². The molecule has 0 amide bonds. The maximum absolute atomic E-state index is 11.0. The largest absolute Gasteiger partial charge is 0.662 e. The van der Waals surface area contributed by atoms with E-state index in [9.17, 15) is 9.59 Å². The summed E-state index contributed by atoms with van der Waals surface area (Å²) < 4.78 is 11.3. The van der Waals surface area contributed by atoms with Gasteiger partial charge in [-0.3, -0.25) is 9.59 Å². The van der Waals surface area contributed by atoms with Crippen LogP contribution in [-0.4, -0.2) is 39.6 Å². The van der Waals surface area contributed by atoms with Gasteiger partial charge >= 0.3 is 7.69 Å². The minimum absolute atomic E-state index is 0.0552. The van der Waals surface area contributed by atoms with Crippen LogP contribution in [0.4, 0.5) is 0 Å². The molecule has 0 heterocycles. The van der Waals surface area contributed by atoms with Crippen LogP contribution in [0.1, 0.15) is 12.8 Å². The fourth-order valence-electron chi connectivity index (χ4n) is 0.601. The molecule has 97 valence electrons. The van der Waals surface area contributed by atoms with E-state index in [1.807, 2.05) is 0 Å². The molecule has 1 radical (unpaired) electrons. The lowest BCUT2D eigenvalue weighted by molar-refractivity contribution is -0.139. The minimum atomic E-state index is -0.567. The van der Waals surface area contributed by atoms with Crippen molar-refractivity contribution in [3.8, 4) is 0 Å². The van der Waals surface area contributed by atoms with Crippen molar-refractivity contribution >= 4 is 75.5 Å². The van der Waals surface area contributed by atoms with E-state index >= 15 is 0 Å². The van der Waals surface area contributed by atoms with Gasteiger partial charge in [-0.2, -0.15) is 6.89 Å². The van der Waals surface area contributed by atoms with Gasteiger partial charge in [0, 0.05) is 45.4 Å². The van der Waals surface area contributed by atoms with E-state index in [1.165, 1.54) is 0 Å². The van der Waals surface area contributed by atoms with Gasteiger partial charge in [-0.25, -0.2) is 0 Å². The van der Waals surface area contributed by atoms with E-state index in [-0.39, 0.29) is 25.9 Å². The molecule has 0 aliphatic rings. The van der Waals surface area contributed by atoms with Gasteiger partial charge in [0.1, 0.15) is 0 Å². The molecule has 0 N–H and O–H groups in total. The number of hydrogen-bond acceptors (Lipinski definition) is 6. The Balaban J connectivity index is 3.49. The standard InChI is InChI=1S/C6H8BBr2Cl2N2O4/c8-12(10)3-1-5(14)16-7-17-6(15)2-4-13(9)11/h1-4H2. The SMILES string of the molecule is O=C(CCN(Cl)Br)O[B]OC(=O)CCN(Cl)Br. The van der Waals surface area contributed by atoms with Gasteiger partial charge in [0.2, 0.25) is 0 Å². The first-order chi connectivity index (χ1) is 7.91. The van der Waals surface area contributed by atoms with E-state index in [1.54, 1.807) is 0 Å². The molecule has 0 aromatic rings. The Hall–Kier alpha value is 0.465. The van der Waals surface area contributed by atoms with Gasteiger partial charge in [-0.1, -0.05) is 0 Å². The average molecular weight is 414 g/mol. The number of carbonyl (C=O) groups is 2. The van der Waals surface area contributed by atoms with Crippen LogP contribution in [0.3, 0.4) is 0 Å². The summed E-state index contributed by atoms with van der Waals surface area (Å²) in [6, 6.07) is 0. The number of rotatable bonds is 8. The Labute approximate surface area is 127 Å². The second-order valence-corrected chi connectivity index (χ2v) is 5.97. The molecule has 0 fully saturated rings. The van der Waals surface area contributed by atoms with Gasteiger partial charge in [0.25, 0.3) is 11.9 Å². The van der Waals surface area contributed by atoms with Crippen molar-refractivity contribution in [3.63, 3.8) is 0 Å². The highest BCUT2D eigenvalue weighted by molar-refractivity contribution is 9.08. The van der Waals surface area contributed by atoms with Crippen LogP contribution < -0.4 is 0 Å². The van der Waals surface area contributed by atoms with Crippen LogP contribution in [0, 0.1) is 0 Å². The van der Waals surface area contributed by atoms with Crippen LogP contribution in [0.2, 0.25) is 0 Å². The van der Waals surface area contributed by atoms with Gasteiger partial charge in [-0.05, 0) is 23.6 Å². The smallest absolute Gasteiger partial charge is 0.500 e. The molecule has 0 spiro atoms. The third-order valence-electron chi connectivity index (χ3n) is 1.33. The van der Waals surface area contributed by atoms with Crippen molar-refractivity contribution in [2.45, 2.75) is 12.8 Å². The molecular weight excluding hydrogens is 406 g/mol. The summed E-state index contributed by atoms with van der Waals surface area (Å²) in [6.45, 7) is 0.514. The monoisotopic (exact) mass is 411 g/mol. The molecular formula is C6H8BBr2Cl2N2O4. The highest BCUT2D eigenvalue weighted by Crippen LogP contribution is 2.04. The Morgan fingerprint density at radius 3 is 1.65 bits per heavy atom. The molecule has 0 rings (SSSR count). The Morgan fingerprint density at radius 2 is 1.35 bits per heavy atom. The number of carbonyl (C=O) groups excluding carboxylic acids is 2. The highest BCUT2D eigenvalue weighted by atomic mass is 79.9. The van der Waals surface area contributed by atoms with Crippen molar-refractivity contribution in [2.75, 3.05) is 13.1 Å². The predicted molar refractivity (Wildman–Crippen MR) is 70.1 cm³/mol. The number of hydrogen-bond donors (Lipinski definition) is 0. The quantitative estimate of drug-likeness (QED) is 0.448. The minimum Gasteiger partial charge on any atom is -0.500 e. The second kappa shape index (κ2) is 10.4. The summed E-state index contributed by atoms with van der Waals surface area (Å²) in [7, 11) is 0.685. The fourth-order valence-corrected chi connectivity index (χ4v) is 1.12. The summed E-state index contributed by atoms with van der Waals surface area (Å²) in [6.07, 6.45) is 0.110. The Morgan fingerprint density at radius 1 is 1.00 bits per heavy atom. The highest BCUT2D eigenvalue weighted by Gasteiger charge is 2.12. The Bertz CT molecular complexity index is 236. The topological polar surface area (TPSA) is 59.1 Å². The molecule has 17 heavy (non-hydrogen) atoms. The third kappa shape index (κ3) is 12.7. The second-order valence-electron chi connectivity index (χ2n) is 2.63. The molecule has 0 aliphatic heterocycles. The van der Waals surface area contributed by atoms with E-state index in [0.29, 0.717) is 7.69 Å². The van der Waals surface area contributed by atoms with Crippen molar-refractivity contribution < 1.29 is 18.9 Å². The molecule has 0 unspecified atom stereocenters. The van der Waals surface area contributed by atoms with Gasteiger partial charge in [0.05, 0.1) is 12.8 Å². The molecule has 6 nitrogen and oxygen atoms in total. The van der Waals surface area contributed by atoms with E-state index in [0.717, 1.165) is 6.89 Å². The molecule has 0 aromatic heterocycles. The predicted octanol–water partition coefficient (Wildman–Crippen LogP) is 1.92. The van der Waals surface area contributed by atoms with Gasteiger partial charge in [0.15, 0.2) is 0 Å². The van der Waals surface area contributed by atoms with E-state index in [4.69, 9.17) is 23.6 Å². The molecule has 0 aliphatic carbocycles. The first-order valence-electron chi connectivity index (χ1n) is 4.30. The zero-order chi connectivity index (χ0) is 13.3. The summed E-state index contributed by atoms with van der Waals surface area (Å²) in [5.41, 5.74) is 0.